The van der Waals surface area contributed by atoms with Gasteiger partial charge in [0, 0.05) is 32.1 Å². The van der Waals surface area contributed by atoms with E-state index in [-0.39, 0.29) is 17.7 Å². The number of benzene rings is 1. The van der Waals surface area contributed by atoms with Gasteiger partial charge >= 0.3 is 0 Å². The van der Waals surface area contributed by atoms with Crippen LogP contribution in [0.3, 0.4) is 0 Å². The third-order valence-corrected chi connectivity index (χ3v) is 5.99. The molecule has 146 valence electrons. The molecule has 2 amide bonds. The van der Waals surface area contributed by atoms with E-state index in [1.165, 1.54) is 11.8 Å². The highest BCUT2D eigenvalue weighted by molar-refractivity contribution is 7.99. The van der Waals surface area contributed by atoms with E-state index in [1.807, 2.05) is 30.0 Å². The molecule has 1 N–H and O–H groups in total. The first-order chi connectivity index (χ1) is 13.1. The van der Waals surface area contributed by atoms with E-state index in [9.17, 15) is 9.59 Å². The van der Waals surface area contributed by atoms with Crippen molar-refractivity contribution in [3.63, 3.8) is 0 Å². The van der Waals surface area contributed by atoms with Crippen molar-refractivity contribution in [2.24, 2.45) is 5.92 Å². The number of nitrogens with zero attached hydrogens (tertiary/aromatic N) is 3. The summed E-state index contributed by atoms with van der Waals surface area (Å²) in [5.74, 6) is 0.686. The Morgan fingerprint density at radius 1 is 1.22 bits per heavy atom. The number of rotatable bonds is 7. The Hall–Kier alpha value is -2.02. The number of fused-ring (bicyclic) bond motifs is 1. The molecule has 1 aliphatic heterocycles. The Balaban J connectivity index is 1.53. The Morgan fingerprint density at radius 2 is 1.96 bits per heavy atom. The van der Waals surface area contributed by atoms with Crippen molar-refractivity contribution in [2.45, 2.75) is 44.8 Å². The molecule has 0 saturated carbocycles. The van der Waals surface area contributed by atoms with Crippen LogP contribution in [-0.4, -0.2) is 51.7 Å². The lowest BCUT2D eigenvalue weighted by Crippen LogP contribution is -2.43. The second-order valence-electron chi connectivity index (χ2n) is 6.86. The molecule has 0 atom stereocenters. The zero-order chi connectivity index (χ0) is 19.2. The minimum absolute atomic E-state index is 0.0394. The molecule has 1 aliphatic rings. The van der Waals surface area contributed by atoms with Crippen LogP contribution in [-0.2, 0) is 16.1 Å². The van der Waals surface area contributed by atoms with Gasteiger partial charge in [-0.15, -0.1) is 0 Å². The van der Waals surface area contributed by atoms with Crippen molar-refractivity contribution in [1.82, 2.24) is 19.8 Å². The van der Waals surface area contributed by atoms with Gasteiger partial charge in [0.25, 0.3) is 0 Å². The van der Waals surface area contributed by atoms with E-state index < -0.39 is 0 Å². The SMILES string of the molecule is CCCNC(=O)C1CCN(C(=O)CSc2nc3ccccc3n2CC)CC1. The molecule has 0 unspecified atom stereocenters. The van der Waals surface area contributed by atoms with Crippen molar-refractivity contribution in [3.05, 3.63) is 24.3 Å². The zero-order valence-electron chi connectivity index (χ0n) is 16.1. The maximum atomic E-state index is 12.6. The van der Waals surface area contributed by atoms with Gasteiger partial charge in [0.05, 0.1) is 16.8 Å². The number of carbonyl (C=O) groups is 2. The summed E-state index contributed by atoms with van der Waals surface area (Å²) in [4.78, 5) is 31.2. The van der Waals surface area contributed by atoms with Gasteiger partial charge in [-0.05, 0) is 38.3 Å². The summed E-state index contributed by atoms with van der Waals surface area (Å²) in [7, 11) is 0. The monoisotopic (exact) mass is 388 g/mol. The molecule has 1 saturated heterocycles. The third-order valence-electron chi connectivity index (χ3n) is 5.03. The van der Waals surface area contributed by atoms with Crippen LogP contribution in [0.5, 0.6) is 0 Å². The Bertz CT molecular complexity index is 796. The number of carbonyl (C=O) groups excluding carboxylic acids is 2. The smallest absolute Gasteiger partial charge is 0.233 e. The highest BCUT2D eigenvalue weighted by atomic mass is 32.2. The lowest BCUT2D eigenvalue weighted by atomic mass is 9.96. The second kappa shape index (κ2) is 9.26. The number of aromatic nitrogens is 2. The average molecular weight is 389 g/mol. The van der Waals surface area contributed by atoms with E-state index >= 15 is 0 Å². The number of likely N-dealkylation sites (tertiary alicyclic amines) is 1. The molecular weight excluding hydrogens is 360 g/mol. The predicted molar refractivity (Wildman–Crippen MR) is 109 cm³/mol. The largest absolute Gasteiger partial charge is 0.356 e. The molecule has 0 spiro atoms. The molecule has 27 heavy (non-hydrogen) atoms. The minimum Gasteiger partial charge on any atom is -0.356 e. The number of amides is 2. The van der Waals surface area contributed by atoms with Crippen LogP contribution in [0.4, 0.5) is 0 Å². The van der Waals surface area contributed by atoms with Crippen molar-refractivity contribution in [3.8, 4) is 0 Å². The number of piperidine rings is 1. The minimum atomic E-state index is 0.0394. The molecule has 0 aliphatic carbocycles. The van der Waals surface area contributed by atoms with Gasteiger partial charge in [-0.3, -0.25) is 9.59 Å². The molecule has 2 aromatic rings. The number of nitrogens with one attached hydrogen (secondary N) is 1. The lowest BCUT2D eigenvalue weighted by Gasteiger charge is -2.31. The van der Waals surface area contributed by atoms with Crippen LogP contribution in [0.15, 0.2) is 29.4 Å². The maximum Gasteiger partial charge on any atom is 0.233 e. The fourth-order valence-electron chi connectivity index (χ4n) is 3.47. The summed E-state index contributed by atoms with van der Waals surface area (Å²) in [5.41, 5.74) is 2.07. The van der Waals surface area contributed by atoms with Gasteiger partial charge in [0.1, 0.15) is 0 Å². The number of imidazole rings is 1. The first-order valence-corrected chi connectivity index (χ1v) is 10.8. The van der Waals surface area contributed by atoms with Crippen LogP contribution in [0.2, 0.25) is 0 Å². The van der Waals surface area contributed by atoms with E-state index in [2.05, 4.69) is 27.9 Å². The standard InChI is InChI=1S/C20H28N4O2S/c1-3-11-21-19(26)15-9-12-23(13-10-15)18(25)14-27-20-22-16-7-5-6-8-17(16)24(20)4-2/h5-8,15H,3-4,9-14H2,1-2H3,(H,21,26). The van der Waals surface area contributed by atoms with Crippen LogP contribution in [0.25, 0.3) is 11.0 Å². The number of aryl methyl sites for hydroxylation is 1. The Morgan fingerprint density at radius 3 is 2.67 bits per heavy atom. The first-order valence-electron chi connectivity index (χ1n) is 9.77. The van der Waals surface area contributed by atoms with Crippen LogP contribution in [0, 0.1) is 5.92 Å². The van der Waals surface area contributed by atoms with E-state index in [4.69, 9.17) is 0 Å². The predicted octanol–water partition coefficient (Wildman–Crippen LogP) is 2.91. The summed E-state index contributed by atoms with van der Waals surface area (Å²) in [6.45, 7) is 7.02. The molecular formula is C20H28N4O2S. The van der Waals surface area contributed by atoms with E-state index in [0.29, 0.717) is 18.8 Å². The summed E-state index contributed by atoms with van der Waals surface area (Å²) < 4.78 is 2.15. The van der Waals surface area contributed by atoms with Crippen LogP contribution in [0.1, 0.15) is 33.1 Å². The first kappa shape index (κ1) is 19.7. The highest BCUT2D eigenvalue weighted by Crippen LogP contribution is 2.25. The van der Waals surface area contributed by atoms with E-state index in [0.717, 1.165) is 48.5 Å². The molecule has 0 radical (unpaired) electrons. The topological polar surface area (TPSA) is 67.2 Å². The van der Waals surface area contributed by atoms with Gasteiger partial charge < -0.3 is 14.8 Å². The lowest BCUT2D eigenvalue weighted by molar-refractivity contribution is -0.133. The fraction of sp³-hybridized carbons (Fsp3) is 0.550. The summed E-state index contributed by atoms with van der Waals surface area (Å²) in [6.07, 6.45) is 2.45. The average Bonchev–Trinajstić information content (AvgIpc) is 3.07. The van der Waals surface area contributed by atoms with Gasteiger partial charge in [-0.1, -0.05) is 30.8 Å². The van der Waals surface area contributed by atoms with Gasteiger partial charge in [-0.25, -0.2) is 4.98 Å². The number of hydrogen-bond acceptors (Lipinski definition) is 4. The summed E-state index contributed by atoms with van der Waals surface area (Å²) in [6, 6.07) is 8.06. The quantitative estimate of drug-likeness (QED) is 0.741. The van der Waals surface area contributed by atoms with E-state index in [1.54, 1.807) is 0 Å². The number of hydrogen-bond donors (Lipinski definition) is 1. The normalized spacial score (nSPS) is 15.3. The molecule has 1 aromatic carbocycles. The molecule has 2 heterocycles. The Kier molecular flexibility index (Phi) is 6.77. The molecule has 0 bridgehead atoms. The fourth-order valence-corrected chi connectivity index (χ4v) is 4.45. The van der Waals surface area contributed by atoms with Gasteiger partial charge in [0.2, 0.25) is 11.8 Å². The molecule has 3 rings (SSSR count). The maximum absolute atomic E-state index is 12.6. The molecule has 6 nitrogen and oxygen atoms in total. The number of thioether (sulfide) groups is 1. The van der Waals surface area contributed by atoms with Crippen molar-refractivity contribution < 1.29 is 9.59 Å². The number of para-hydroxylation sites is 2. The van der Waals surface area contributed by atoms with Crippen molar-refractivity contribution >= 4 is 34.6 Å². The van der Waals surface area contributed by atoms with Crippen molar-refractivity contribution in [2.75, 3.05) is 25.4 Å². The zero-order valence-corrected chi connectivity index (χ0v) is 16.9. The molecule has 1 fully saturated rings. The molecule has 7 heteroatoms. The third kappa shape index (κ3) is 4.64. The van der Waals surface area contributed by atoms with Gasteiger partial charge in [-0.2, -0.15) is 0 Å². The van der Waals surface area contributed by atoms with Crippen molar-refractivity contribution in [1.29, 1.82) is 0 Å². The van der Waals surface area contributed by atoms with Crippen LogP contribution >= 0.6 is 11.8 Å². The Labute approximate surface area is 164 Å². The summed E-state index contributed by atoms with van der Waals surface area (Å²) >= 11 is 1.50. The highest BCUT2D eigenvalue weighted by Gasteiger charge is 2.27. The summed E-state index contributed by atoms with van der Waals surface area (Å²) in [5, 5.41) is 3.85. The molecule has 1 aromatic heterocycles. The van der Waals surface area contributed by atoms with Crippen LogP contribution < -0.4 is 5.32 Å². The second-order valence-corrected chi connectivity index (χ2v) is 7.80. The van der Waals surface area contributed by atoms with Gasteiger partial charge in [0.15, 0.2) is 5.16 Å².